The van der Waals surface area contributed by atoms with E-state index in [4.69, 9.17) is 32.4 Å². The first-order valence-corrected chi connectivity index (χ1v) is 10.5. The molecular formula is C24H20Cl2N2O3. The van der Waals surface area contributed by atoms with Crippen molar-refractivity contribution >= 4 is 45.9 Å². The van der Waals surface area contributed by atoms with E-state index in [1.807, 2.05) is 6.07 Å². The van der Waals surface area contributed by atoms with E-state index >= 15 is 0 Å². The van der Waals surface area contributed by atoms with Crippen LogP contribution >= 0.6 is 23.2 Å². The number of amides is 1. The molecule has 0 radical (unpaired) electrons. The van der Waals surface area contributed by atoms with Gasteiger partial charge in [0.1, 0.15) is 11.3 Å². The van der Waals surface area contributed by atoms with Crippen LogP contribution in [0.2, 0.25) is 10.0 Å². The number of halogens is 2. The molecule has 0 saturated heterocycles. The van der Waals surface area contributed by atoms with Crippen molar-refractivity contribution in [1.29, 1.82) is 0 Å². The molecule has 7 heteroatoms. The Kier molecular flexibility index (Phi) is 6.16. The molecular weight excluding hydrogens is 435 g/mol. The van der Waals surface area contributed by atoms with Crippen LogP contribution in [0, 0.1) is 5.92 Å². The van der Waals surface area contributed by atoms with E-state index in [0.29, 0.717) is 56.6 Å². The predicted octanol–water partition coefficient (Wildman–Crippen LogP) is 7.09. The van der Waals surface area contributed by atoms with Crippen molar-refractivity contribution in [2.75, 3.05) is 11.9 Å². The molecule has 0 fully saturated rings. The monoisotopic (exact) mass is 454 g/mol. The van der Waals surface area contributed by atoms with E-state index in [-0.39, 0.29) is 5.91 Å². The third-order valence-electron chi connectivity index (χ3n) is 4.49. The van der Waals surface area contributed by atoms with E-state index in [9.17, 15) is 4.79 Å². The molecule has 1 heterocycles. The fourth-order valence-electron chi connectivity index (χ4n) is 2.95. The van der Waals surface area contributed by atoms with Crippen LogP contribution in [-0.2, 0) is 0 Å². The Balaban J connectivity index is 1.53. The molecule has 0 unspecified atom stereocenters. The number of fused-ring (bicyclic) bond motifs is 1. The highest BCUT2D eigenvalue weighted by atomic mass is 35.5. The first-order valence-electron chi connectivity index (χ1n) is 9.79. The molecule has 0 aliphatic heterocycles. The maximum atomic E-state index is 12.7. The zero-order valence-electron chi connectivity index (χ0n) is 17.0. The number of oxazole rings is 1. The molecule has 158 valence electrons. The Hall–Kier alpha value is -3.02. The maximum absolute atomic E-state index is 12.7. The Labute approximate surface area is 189 Å². The summed E-state index contributed by atoms with van der Waals surface area (Å²) in [5, 5.41) is 3.78. The Morgan fingerprint density at radius 1 is 1.06 bits per heavy atom. The van der Waals surface area contributed by atoms with Gasteiger partial charge in [0.15, 0.2) is 5.58 Å². The minimum Gasteiger partial charge on any atom is -0.493 e. The van der Waals surface area contributed by atoms with E-state index < -0.39 is 0 Å². The molecule has 3 aromatic carbocycles. The van der Waals surface area contributed by atoms with Gasteiger partial charge in [0.25, 0.3) is 5.91 Å². The van der Waals surface area contributed by atoms with E-state index in [1.165, 1.54) is 0 Å². The van der Waals surface area contributed by atoms with Gasteiger partial charge in [-0.25, -0.2) is 4.98 Å². The Morgan fingerprint density at radius 3 is 2.68 bits per heavy atom. The standard InChI is InChI=1S/C24H20Cl2N2O3/c1-14(2)13-30-18-5-3-4-15(10-18)23(29)27-17-7-9-22-21(12-17)28-24(31-22)16-6-8-19(25)20(26)11-16/h3-12,14H,13H2,1-2H3,(H,27,29). The van der Waals surface area contributed by atoms with Crippen LogP contribution in [0.1, 0.15) is 24.2 Å². The van der Waals surface area contributed by atoms with Crippen molar-refractivity contribution in [2.24, 2.45) is 5.92 Å². The molecule has 1 amide bonds. The fraction of sp³-hybridized carbons (Fsp3) is 0.167. The molecule has 0 atom stereocenters. The number of anilines is 1. The minimum absolute atomic E-state index is 0.234. The lowest BCUT2D eigenvalue weighted by molar-refractivity contribution is 0.102. The van der Waals surface area contributed by atoms with Crippen LogP contribution in [0.4, 0.5) is 5.69 Å². The molecule has 1 N–H and O–H groups in total. The summed E-state index contributed by atoms with van der Waals surface area (Å²) in [5.41, 5.74) is 3.06. The number of carbonyl (C=O) groups is 1. The molecule has 4 rings (SSSR count). The summed E-state index contributed by atoms with van der Waals surface area (Å²) >= 11 is 12.1. The van der Waals surface area contributed by atoms with Crippen LogP contribution in [0.25, 0.3) is 22.6 Å². The second-order valence-electron chi connectivity index (χ2n) is 7.52. The van der Waals surface area contributed by atoms with Crippen molar-refractivity contribution in [1.82, 2.24) is 4.98 Å². The lowest BCUT2D eigenvalue weighted by Crippen LogP contribution is -2.12. The second-order valence-corrected chi connectivity index (χ2v) is 8.33. The van der Waals surface area contributed by atoms with Gasteiger partial charge >= 0.3 is 0 Å². The van der Waals surface area contributed by atoms with Crippen molar-refractivity contribution in [3.8, 4) is 17.2 Å². The first kappa shape index (κ1) is 21.2. The largest absolute Gasteiger partial charge is 0.493 e. The number of nitrogens with one attached hydrogen (secondary N) is 1. The normalized spacial score (nSPS) is 11.1. The fourth-order valence-corrected chi connectivity index (χ4v) is 3.25. The Morgan fingerprint density at radius 2 is 1.90 bits per heavy atom. The number of carbonyl (C=O) groups excluding carboxylic acids is 1. The van der Waals surface area contributed by atoms with Gasteiger partial charge in [0, 0.05) is 16.8 Å². The van der Waals surface area contributed by atoms with Crippen molar-refractivity contribution < 1.29 is 13.9 Å². The molecule has 0 aliphatic rings. The molecule has 0 spiro atoms. The van der Waals surface area contributed by atoms with Gasteiger partial charge in [0.05, 0.1) is 16.7 Å². The average molecular weight is 455 g/mol. The van der Waals surface area contributed by atoms with Gasteiger partial charge in [-0.05, 0) is 60.5 Å². The summed E-state index contributed by atoms with van der Waals surface area (Å²) in [5.74, 6) is 1.26. The highest BCUT2D eigenvalue weighted by Crippen LogP contribution is 2.31. The lowest BCUT2D eigenvalue weighted by Gasteiger charge is -2.10. The second kappa shape index (κ2) is 9.00. The zero-order chi connectivity index (χ0) is 22.0. The maximum Gasteiger partial charge on any atom is 0.255 e. The molecule has 0 bridgehead atoms. The van der Waals surface area contributed by atoms with Crippen LogP contribution in [0.3, 0.4) is 0 Å². The van der Waals surface area contributed by atoms with Gasteiger partial charge in [0.2, 0.25) is 5.89 Å². The number of benzene rings is 3. The third-order valence-corrected chi connectivity index (χ3v) is 5.23. The number of hydrogen-bond acceptors (Lipinski definition) is 4. The summed E-state index contributed by atoms with van der Waals surface area (Å²) in [4.78, 5) is 17.2. The Bertz CT molecular complexity index is 1250. The molecule has 31 heavy (non-hydrogen) atoms. The summed E-state index contributed by atoms with van der Waals surface area (Å²) in [6.07, 6.45) is 0. The summed E-state index contributed by atoms with van der Waals surface area (Å²) in [6, 6.07) is 17.6. The summed E-state index contributed by atoms with van der Waals surface area (Å²) < 4.78 is 11.5. The van der Waals surface area contributed by atoms with E-state index in [1.54, 1.807) is 54.6 Å². The van der Waals surface area contributed by atoms with Gasteiger partial charge in [-0.15, -0.1) is 0 Å². The number of rotatable bonds is 6. The number of nitrogens with zero attached hydrogens (tertiary/aromatic N) is 1. The SMILES string of the molecule is CC(C)COc1cccc(C(=O)Nc2ccc3oc(-c4ccc(Cl)c(Cl)c4)nc3c2)c1. The lowest BCUT2D eigenvalue weighted by atomic mass is 10.2. The van der Waals surface area contributed by atoms with Crippen LogP contribution < -0.4 is 10.1 Å². The van der Waals surface area contributed by atoms with Gasteiger partial charge < -0.3 is 14.5 Å². The average Bonchev–Trinajstić information content (AvgIpc) is 3.18. The highest BCUT2D eigenvalue weighted by molar-refractivity contribution is 6.42. The van der Waals surface area contributed by atoms with Crippen molar-refractivity contribution in [3.05, 3.63) is 76.3 Å². The number of hydrogen-bond donors (Lipinski definition) is 1. The van der Waals surface area contributed by atoms with Crippen LogP contribution in [0.5, 0.6) is 5.75 Å². The smallest absolute Gasteiger partial charge is 0.255 e. The first-order chi connectivity index (χ1) is 14.9. The molecule has 0 saturated carbocycles. The van der Waals surface area contributed by atoms with E-state index in [0.717, 1.165) is 5.56 Å². The molecule has 4 aromatic rings. The minimum atomic E-state index is -0.234. The van der Waals surface area contributed by atoms with Crippen LogP contribution in [-0.4, -0.2) is 17.5 Å². The zero-order valence-corrected chi connectivity index (χ0v) is 18.5. The number of ether oxygens (including phenoxy) is 1. The highest BCUT2D eigenvalue weighted by Gasteiger charge is 2.13. The molecule has 0 aliphatic carbocycles. The topological polar surface area (TPSA) is 64.4 Å². The molecule has 5 nitrogen and oxygen atoms in total. The predicted molar refractivity (Wildman–Crippen MR) is 124 cm³/mol. The van der Waals surface area contributed by atoms with Crippen molar-refractivity contribution in [2.45, 2.75) is 13.8 Å². The number of aromatic nitrogens is 1. The summed E-state index contributed by atoms with van der Waals surface area (Å²) in [6.45, 7) is 4.74. The van der Waals surface area contributed by atoms with Gasteiger partial charge in [-0.3, -0.25) is 4.79 Å². The quantitative estimate of drug-likeness (QED) is 0.337. The van der Waals surface area contributed by atoms with Crippen LogP contribution in [0.15, 0.2) is 65.1 Å². The summed E-state index contributed by atoms with van der Waals surface area (Å²) in [7, 11) is 0. The van der Waals surface area contributed by atoms with Gasteiger partial charge in [-0.2, -0.15) is 0 Å². The van der Waals surface area contributed by atoms with E-state index in [2.05, 4.69) is 24.1 Å². The third kappa shape index (κ3) is 5.01. The van der Waals surface area contributed by atoms with Gasteiger partial charge in [-0.1, -0.05) is 43.1 Å². The van der Waals surface area contributed by atoms with Crippen molar-refractivity contribution in [3.63, 3.8) is 0 Å². The molecule has 1 aromatic heterocycles.